The van der Waals surface area contributed by atoms with Gasteiger partial charge in [-0.1, -0.05) is 17.7 Å². The van der Waals surface area contributed by atoms with E-state index in [9.17, 15) is 4.79 Å². The number of hydrogen-bond acceptors (Lipinski definition) is 4. The van der Waals surface area contributed by atoms with Gasteiger partial charge in [-0.25, -0.2) is 4.79 Å². The molecule has 0 aliphatic rings. The van der Waals surface area contributed by atoms with Crippen molar-refractivity contribution < 1.29 is 14.3 Å². The molecule has 1 atom stereocenters. The normalized spacial score (nSPS) is 12.3. The van der Waals surface area contributed by atoms with Gasteiger partial charge in [0, 0.05) is 11.6 Å². The van der Waals surface area contributed by atoms with Crippen LogP contribution in [0.3, 0.4) is 0 Å². The van der Waals surface area contributed by atoms with Crippen LogP contribution >= 0.6 is 0 Å². The Hall–Kier alpha value is -1.55. The van der Waals surface area contributed by atoms with Crippen molar-refractivity contribution in [1.29, 1.82) is 0 Å². The molecule has 0 saturated carbocycles. The quantitative estimate of drug-likeness (QED) is 0.816. The van der Waals surface area contributed by atoms with Crippen molar-refractivity contribution in [1.82, 2.24) is 0 Å². The molecule has 0 bridgehead atoms. The van der Waals surface area contributed by atoms with E-state index in [0.717, 1.165) is 11.1 Å². The number of esters is 1. The lowest BCUT2D eigenvalue weighted by Gasteiger charge is -2.15. The van der Waals surface area contributed by atoms with E-state index in [1.807, 2.05) is 32.0 Å². The molecule has 0 amide bonds. The van der Waals surface area contributed by atoms with Crippen LogP contribution in [0.5, 0.6) is 5.75 Å². The van der Waals surface area contributed by atoms with Gasteiger partial charge in [-0.15, -0.1) is 0 Å². The molecule has 0 heterocycles. The summed E-state index contributed by atoms with van der Waals surface area (Å²) in [5, 5.41) is 0. The molecule has 0 aromatic heterocycles. The van der Waals surface area contributed by atoms with Crippen LogP contribution < -0.4 is 10.5 Å². The molecule has 0 fully saturated rings. The number of rotatable bonds is 5. The Balaban J connectivity index is 2.70. The Morgan fingerprint density at radius 1 is 1.33 bits per heavy atom. The van der Waals surface area contributed by atoms with Crippen LogP contribution in [0.2, 0.25) is 0 Å². The highest BCUT2D eigenvalue weighted by molar-refractivity contribution is 5.71. The van der Waals surface area contributed by atoms with Crippen LogP contribution in [-0.4, -0.2) is 18.7 Å². The standard InChI is InChI=1S/C14H21NO3/c1-9(2)18-14(16)8-17-13-6-5-10(3)7-12(13)11(4)15/h5-7,9,11H,8,15H2,1-4H3/t11-/m1/s1. The largest absolute Gasteiger partial charge is 0.482 e. The number of benzene rings is 1. The third-order valence-electron chi connectivity index (χ3n) is 2.37. The molecule has 0 spiro atoms. The molecule has 0 aliphatic heterocycles. The second-order valence-corrected chi connectivity index (χ2v) is 4.66. The van der Waals surface area contributed by atoms with Gasteiger partial charge < -0.3 is 15.2 Å². The molecule has 100 valence electrons. The number of nitrogens with two attached hydrogens (primary N) is 1. The summed E-state index contributed by atoms with van der Waals surface area (Å²) >= 11 is 0. The molecular formula is C14H21NO3. The van der Waals surface area contributed by atoms with E-state index < -0.39 is 0 Å². The van der Waals surface area contributed by atoms with Crippen molar-refractivity contribution in [3.63, 3.8) is 0 Å². The van der Waals surface area contributed by atoms with E-state index in [2.05, 4.69) is 0 Å². The molecule has 1 rings (SSSR count). The fraction of sp³-hybridized carbons (Fsp3) is 0.500. The molecule has 4 nitrogen and oxygen atoms in total. The maximum atomic E-state index is 11.4. The average molecular weight is 251 g/mol. The first-order chi connectivity index (χ1) is 8.40. The molecule has 1 aromatic rings. The summed E-state index contributed by atoms with van der Waals surface area (Å²) in [7, 11) is 0. The Labute approximate surface area is 108 Å². The molecule has 0 aliphatic carbocycles. The lowest BCUT2D eigenvalue weighted by atomic mass is 10.1. The monoisotopic (exact) mass is 251 g/mol. The lowest BCUT2D eigenvalue weighted by molar-refractivity contribution is -0.149. The minimum Gasteiger partial charge on any atom is -0.482 e. The fourth-order valence-corrected chi connectivity index (χ4v) is 1.59. The van der Waals surface area contributed by atoms with Gasteiger partial charge >= 0.3 is 5.97 Å². The summed E-state index contributed by atoms with van der Waals surface area (Å²) in [5.74, 6) is 0.262. The molecule has 0 unspecified atom stereocenters. The molecule has 1 aromatic carbocycles. The van der Waals surface area contributed by atoms with Crippen LogP contribution in [0.25, 0.3) is 0 Å². The summed E-state index contributed by atoms with van der Waals surface area (Å²) in [6, 6.07) is 5.58. The van der Waals surface area contributed by atoms with Gasteiger partial charge in [0.2, 0.25) is 0 Å². The van der Waals surface area contributed by atoms with Crippen molar-refractivity contribution in [2.45, 2.75) is 39.8 Å². The van der Waals surface area contributed by atoms with Gasteiger partial charge in [-0.05, 0) is 33.8 Å². The number of aryl methyl sites for hydroxylation is 1. The Morgan fingerprint density at radius 2 is 2.00 bits per heavy atom. The van der Waals surface area contributed by atoms with Gasteiger partial charge in [0.25, 0.3) is 0 Å². The van der Waals surface area contributed by atoms with Gasteiger partial charge in [0.15, 0.2) is 6.61 Å². The molecule has 2 N–H and O–H groups in total. The highest BCUT2D eigenvalue weighted by Crippen LogP contribution is 2.24. The van der Waals surface area contributed by atoms with Gasteiger partial charge in [-0.3, -0.25) is 0 Å². The lowest BCUT2D eigenvalue weighted by Crippen LogP contribution is -2.19. The van der Waals surface area contributed by atoms with E-state index in [1.165, 1.54) is 0 Å². The minimum atomic E-state index is -0.374. The second-order valence-electron chi connectivity index (χ2n) is 4.66. The van der Waals surface area contributed by atoms with Gasteiger partial charge in [-0.2, -0.15) is 0 Å². The average Bonchev–Trinajstić information content (AvgIpc) is 2.26. The Morgan fingerprint density at radius 3 is 2.56 bits per heavy atom. The van der Waals surface area contributed by atoms with Crippen molar-refractivity contribution in [3.05, 3.63) is 29.3 Å². The fourth-order valence-electron chi connectivity index (χ4n) is 1.59. The number of carbonyl (C=O) groups excluding carboxylic acids is 1. The smallest absolute Gasteiger partial charge is 0.344 e. The summed E-state index contributed by atoms with van der Waals surface area (Å²) in [6.45, 7) is 7.38. The zero-order valence-electron chi connectivity index (χ0n) is 11.4. The topological polar surface area (TPSA) is 61.5 Å². The number of carbonyl (C=O) groups is 1. The van der Waals surface area contributed by atoms with E-state index in [-0.39, 0.29) is 24.7 Å². The van der Waals surface area contributed by atoms with E-state index in [0.29, 0.717) is 5.75 Å². The van der Waals surface area contributed by atoms with Crippen molar-refractivity contribution >= 4 is 5.97 Å². The van der Waals surface area contributed by atoms with Gasteiger partial charge in [0.05, 0.1) is 6.10 Å². The molecule has 4 heteroatoms. The van der Waals surface area contributed by atoms with E-state index >= 15 is 0 Å². The van der Waals surface area contributed by atoms with Crippen LogP contribution in [0.1, 0.15) is 37.9 Å². The van der Waals surface area contributed by atoms with Crippen LogP contribution in [0.4, 0.5) is 0 Å². The highest BCUT2D eigenvalue weighted by atomic mass is 16.6. The molecule has 18 heavy (non-hydrogen) atoms. The maximum Gasteiger partial charge on any atom is 0.344 e. The van der Waals surface area contributed by atoms with Crippen molar-refractivity contribution in [2.75, 3.05) is 6.61 Å². The number of ether oxygens (including phenoxy) is 2. The summed E-state index contributed by atoms with van der Waals surface area (Å²) in [4.78, 5) is 11.4. The maximum absolute atomic E-state index is 11.4. The first kappa shape index (κ1) is 14.5. The number of hydrogen-bond donors (Lipinski definition) is 1. The molecule has 0 saturated heterocycles. The van der Waals surface area contributed by atoms with Crippen LogP contribution in [-0.2, 0) is 9.53 Å². The van der Waals surface area contributed by atoms with E-state index in [4.69, 9.17) is 15.2 Å². The summed E-state index contributed by atoms with van der Waals surface area (Å²) < 4.78 is 10.5. The first-order valence-corrected chi connectivity index (χ1v) is 6.08. The van der Waals surface area contributed by atoms with E-state index in [1.54, 1.807) is 13.8 Å². The van der Waals surface area contributed by atoms with Crippen molar-refractivity contribution in [3.8, 4) is 5.75 Å². The van der Waals surface area contributed by atoms with Gasteiger partial charge in [0.1, 0.15) is 5.75 Å². The SMILES string of the molecule is Cc1ccc(OCC(=O)OC(C)C)c([C@@H](C)N)c1. The molecule has 0 radical (unpaired) electrons. The second kappa shape index (κ2) is 6.40. The third-order valence-corrected chi connectivity index (χ3v) is 2.37. The summed E-state index contributed by atoms with van der Waals surface area (Å²) in [5.41, 5.74) is 7.88. The van der Waals surface area contributed by atoms with Crippen LogP contribution in [0.15, 0.2) is 18.2 Å². The zero-order valence-corrected chi connectivity index (χ0v) is 11.4. The first-order valence-electron chi connectivity index (χ1n) is 6.08. The van der Waals surface area contributed by atoms with Crippen molar-refractivity contribution in [2.24, 2.45) is 5.73 Å². The zero-order chi connectivity index (χ0) is 13.7. The Kier molecular flexibility index (Phi) is 5.16. The highest BCUT2D eigenvalue weighted by Gasteiger charge is 2.11. The Bertz CT molecular complexity index is 414. The molecular weight excluding hydrogens is 230 g/mol. The minimum absolute atomic E-state index is 0.0963. The summed E-state index contributed by atoms with van der Waals surface area (Å²) in [6.07, 6.45) is -0.132. The van der Waals surface area contributed by atoms with Crippen LogP contribution in [0, 0.1) is 6.92 Å². The predicted molar refractivity (Wildman–Crippen MR) is 70.5 cm³/mol. The predicted octanol–water partition coefficient (Wildman–Crippen LogP) is 2.35. The third kappa shape index (κ3) is 4.37.